The number of rotatable bonds is 5. The third-order valence-electron chi connectivity index (χ3n) is 5.81. The summed E-state index contributed by atoms with van der Waals surface area (Å²) in [5.41, 5.74) is 3.73. The van der Waals surface area contributed by atoms with E-state index in [2.05, 4.69) is 41.3 Å². The second-order valence-electron chi connectivity index (χ2n) is 7.44. The summed E-state index contributed by atoms with van der Waals surface area (Å²) in [7, 11) is 3.32. The summed E-state index contributed by atoms with van der Waals surface area (Å²) in [4.78, 5) is 15.7. The number of nitrogens with zero attached hydrogens (tertiary/aromatic N) is 2. The van der Waals surface area contributed by atoms with Gasteiger partial charge in [0.05, 0.1) is 26.8 Å². The number of carboxylic acids is 1. The Balaban J connectivity index is 0.00000160. The van der Waals surface area contributed by atoms with E-state index in [-0.39, 0.29) is 43.4 Å². The summed E-state index contributed by atoms with van der Waals surface area (Å²) in [6.45, 7) is 2.45. The van der Waals surface area contributed by atoms with Gasteiger partial charge in [-0.3, -0.25) is 14.6 Å². The van der Waals surface area contributed by atoms with Crippen LogP contribution < -0.4 is 9.47 Å². The van der Waals surface area contributed by atoms with E-state index in [1.807, 2.05) is 11.0 Å². The van der Waals surface area contributed by atoms with Gasteiger partial charge in [0.25, 0.3) is 0 Å². The quantitative estimate of drug-likeness (QED) is 0.747. The Kier molecular flexibility index (Phi) is 8.38. The van der Waals surface area contributed by atoms with Crippen LogP contribution in [0.4, 0.5) is 0 Å². The first kappa shape index (κ1) is 24.3. The van der Waals surface area contributed by atoms with Crippen molar-refractivity contribution >= 4 is 30.8 Å². The monoisotopic (exact) mass is 454 g/mol. The first-order chi connectivity index (χ1) is 13.6. The third kappa shape index (κ3) is 4.67. The van der Waals surface area contributed by atoms with Crippen molar-refractivity contribution in [3.63, 3.8) is 0 Å². The van der Waals surface area contributed by atoms with Crippen molar-refractivity contribution in [2.75, 3.05) is 40.4 Å². The lowest BCUT2D eigenvalue weighted by Gasteiger charge is -2.49. The highest BCUT2D eigenvalue weighted by Crippen LogP contribution is 2.43. The Labute approximate surface area is 189 Å². The van der Waals surface area contributed by atoms with Crippen molar-refractivity contribution in [3.8, 4) is 11.5 Å². The molecule has 4 rings (SSSR count). The van der Waals surface area contributed by atoms with Crippen molar-refractivity contribution < 1.29 is 19.4 Å². The van der Waals surface area contributed by atoms with Crippen LogP contribution in [0, 0.1) is 0 Å². The number of aliphatic carboxylic acids is 1. The Morgan fingerprint density at radius 2 is 1.73 bits per heavy atom. The highest BCUT2D eigenvalue weighted by Gasteiger charge is 2.39. The fourth-order valence-electron chi connectivity index (χ4n) is 4.60. The molecule has 2 unspecified atom stereocenters. The molecule has 0 aromatic heterocycles. The minimum Gasteiger partial charge on any atom is -0.493 e. The third-order valence-corrected chi connectivity index (χ3v) is 5.81. The minimum absolute atomic E-state index is 0. The lowest BCUT2D eigenvalue weighted by molar-refractivity contribution is -0.139. The van der Waals surface area contributed by atoms with Crippen LogP contribution in [0.3, 0.4) is 0 Å². The number of hydrogen-bond acceptors (Lipinski definition) is 5. The molecular formula is C22H28Cl2N2O4. The zero-order valence-corrected chi connectivity index (χ0v) is 18.7. The molecule has 164 valence electrons. The molecule has 2 heterocycles. The number of hydrogen-bond donors (Lipinski definition) is 1. The molecular weight excluding hydrogens is 427 g/mol. The topological polar surface area (TPSA) is 62.2 Å². The van der Waals surface area contributed by atoms with Crippen LogP contribution in [0.1, 0.15) is 22.7 Å². The molecule has 0 saturated carbocycles. The molecule has 2 aliphatic heterocycles. The number of ether oxygens (including phenoxy) is 2. The fraction of sp³-hybridized carbons (Fsp3) is 0.409. The van der Waals surface area contributed by atoms with Gasteiger partial charge in [0, 0.05) is 25.7 Å². The number of carboxylic acid groups (broad SMARTS) is 1. The molecule has 8 heteroatoms. The van der Waals surface area contributed by atoms with Gasteiger partial charge in [0.2, 0.25) is 0 Å². The van der Waals surface area contributed by atoms with Crippen molar-refractivity contribution in [1.29, 1.82) is 0 Å². The van der Waals surface area contributed by atoms with Gasteiger partial charge in [-0.1, -0.05) is 30.3 Å². The Morgan fingerprint density at radius 3 is 2.37 bits per heavy atom. The van der Waals surface area contributed by atoms with Gasteiger partial charge in [-0.15, -0.1) is 24.8 Å². The van der Waals surface area contributed by atoms with Crippen LogP contribution in [0.25, 0.3) is 0 Å². The van der Waals surface area contributed by atoms with Crippen molar-refractivity contribution in [2.24, 2.45) is 0 Å². The Morgan fingerprint density at radius 1 is 1.07 bits per heavy atom. The molecule has 2 aromatic carbocycles. The minimum atomic E-state index is -0.768. The normalized spacial score (nSPS) is 20.7. The molecule has 6 nitrogen and oxygen atoms in total. The standard InChI is InChI=1S/C22H26N2O4.2ClH/c1-27-19-11-16-10-17-13-23(14-21(25)26)8-9-24(17)22(15-6-4-3-5-7-15)18(16)12-20(19)28-2;;/h3-7,11-12,17,22H,8-10,13-14H2,1-2H3,(H,25,26);2*1H. The largest absolute Gasteiger partial charge is 0.493 e. The number of halogens is 2. The van der Waals surface area contributed by atoms with Gasteiger partial charge in [0.15, 0.2) is 11.5 Å². The maximum absolute atomic E-state index is 11.2. The summed E-state index contributed by atoms with van der Waals surface area (Å²) in [5.74, 6) is 0.709. The molecule has 0 radical (unpaired) electrons. The van der Waals surface area contributed by atoms with Crippen LogP contribution in [-0.4, -0.2) is 67.3 Å². The smallest absolute Gasteiger partial charge is 0.317 e. The molecule has 2 aliphatic rings. The summed E-state index contributed by atoms with van der Waals surface area (Å²) < 4.78 is 11.1. The first-order valence-electron chi connectivity index (χ1n) is 9.60. The van der Waals surface area contributed by atoms with Gasteiger partial charge in [-0.05, 0) is 35.2 Å². The molecule has 1 fully saturated rings. The van der Waals surface area contributed by atoms with Crippen molar-refractivity contribution in [3.05, 3.63) is 59.2 Å². The Bertz CT molecular complexity index is 866. The van der Waals surface area contributed by atoms with Gasteiger partial charge in [-0.25, -0.2) is 0 Å². The second-order valence-corrected chi connectivity index (χ2v) is 7.44. The molecule has 0 amide bonds. The molecule has 1 N–H and O–H groups in total. The number of carbonyl (C=O) groups is 1. The summed E-state index contributed by atoms with van der Waals surface area (Å²) in [6.07, 6.45) is 0.870. The lowest BCUT2D eigenvalue weighted by Crippen LogP contribution is -2.57. The average Bonchev–Trinajstić information content (AvgIpc) is 2.71. The summed E-state index contributed by atoms with van der Waals surface area (Å²) >= 11 is 0. The van der Waals surface area contributed by atoms with Crippen LogP contribution in [0.15, 0.2) is 42.5 Å². The van der Waals surface area contributed by atoms with Gasteiger partial charge < -0.3 is 14.6 Å². The van der Waals surface area contributed by atoms with Gasteiger partial charge in [-0.2, -0.15) is 0 Å². The number of methoxy groups -OCH3 is 2. The van der Waals surface area contributed by atoms with E-state index < -0.39 is 5.97 Å². The molecule has 0 spiro atoms. The average molecular weight is 455 g/mol. The maximum Gasteiger partial charge on any atom is 0.317 e. The van der Waals surface area contributed by atoms with E-state index in [0.29, 0.717) is 0 Å². The first-order valence-corrected chi connectivity index (χ1v) is 9.60. The summed E-state index contributed by atoms with van der Waals surface area (Å²) in [6, 6.07) is 15.1. The lowest BCUT2D eigenvalue weighted by atomic mass is 9.83. The van der Waals surface area contributed by atoms with E-state index in [1.54, 1.807) is 14.2 Å². The fourth-order valence-corrected chi connectivity index (χ4v) is 4.60. The van der Waals surface area contributed by atoms with Crippen molar-refractivity contribution in [2.45, 2.75) is 18.5 Å². The van der Waals surface area contributed by atoms with E-state index in [9.17, 15) is 9.90 Å². The molecule has 2 atom stereocenters. The predicted molar refractivity (Wildman–Crippen MR) is 121 cm³/mol. The van der Waals surface area contributed by atoms with Crippen molar-refractivity contribution in [1.82, 2.24) is 9.80 Å². The molecule has 30 heavy (non-hydrogen) atoms. The van der Waals surface area contributed by atoms with Crippen LogP contribution in [0.2, 0.25) is 0 Å². The highest BCUT2D eigenvalue weighted by atomic mass is 35.5. The second kappa shape index (κ2) is 10.4. The molecule has 0 aliphatic carbocycles. The zero-order chi connectivity index (χ0) is 19.7. The number of piperazine rings is 1. The van der Waals surface area contributed by atoms with Gasteiger partial charge in [0.1, 0.15) is 0 Å². The number of fused-ring (bicyclic) bond motifs is 2. The van der Waals surface area contributed by atoms with E-state index in [4.69, 9.17) is 9.47 Å². The van der Waals surface area contributed by atoms with Crippen LogP contribution >= 0.6 is 24.8 Å². The van der Waals surface area contributed by atoms with E-state index in [0.717, 1.165) is 37.6 Å². The van der Waals surface area contributed by atoms with Gasteiger partial charge >= 0.3 is 5.97 Å². The maximum atomic E-state index is 11.2. The zero-order valence-electron chi connectivity index (χ0n) is 17.1. The van der Waals surface area contributed by atoms with Crippen LogP contribution in [0.5, 0.6) is 11.5 Å². The predicted octanol–water partition coefficient (Wildman–Crippen LogP) is 3.26. The molecule has 2 aromatic rings. The van der Waals surface area contributed by atoms with E-state index in [1.165, 1.54) is 16.7 Å². The molecule has 0 bridgehead atoms. The summed E-state index contributed by atoms with van der Waals surface area (Å²) in [5, 5.41) is 9.19. The van der Waals surface area contributed by atoms with E-state index >= 15 is 0 Å². The van der Waals surface area contributed by atoms with Crippen LogP contribution in [-0.2, 0) is 11.2 Å². The highest BCUT2D eigenvalue weighted by molar-refractivity contribution is 5.85. The number of benzene rings is 2. The Hall–Kier alpha value is -1.99. The SMILES string of the molecule is COc1cc2c(cc1OC)C(c1ccccc1)N1CCN(CC(=O)O)CC1C2.Cl.Cl. The molecule has 1 saturated heterocycles.